The second-order valence-electron chi connectivity index (χ2n) is 3.89. The lowest BCUT2D eigenvalue weighted by Crippen LogP contribution is -2.18. The highest BCUT2D eigenvalue weighted by atomic mass is 16.5. The summed E-state index contributed by atoms with van der Waals surface area (Å²) >= 11 is 0. The van der Waals surface area contributed by atoms with E-state index in [1.54, 1.807) is 7.11 Å². The Bertz CT molecular complexity index is 332. The van der Waals surface area contributed by atoms with Crippen molar-refractivity contribution in [1.29, 1.82) is 0 Å². The molecule has 1 fully saturated rings. The van der Waals surface area contributed by atoms with Gasteiger partial charge in [0.25, 0.3) is 0 Å². The van der Waals surface area contributed by atoms with E-state index in [9.17, 15) is 0 Å². The van der Waals surface area contributed by atoms with Gasteiger partial charge in [-0.1, -0.05) is 0 Å². The van der Waals surface area contributed by atoms with Gasteiger partial charge in [0.2, 0.25) is 0 Å². The van der Waals surface area contributed by atoms with E-state index >= 15 is 0 Å². The van der Waals surface area contributed by atoms with Crippen molar-refractivity contribution >= 4 is 5.69 Å². The summed E-state index contributed by atoms with van der Waals surface area (Å²) in [5.41, 5.74) is 2.30. The number of aryl methyl sites for hydroxylation is 1. The highest BCUT2D eigenvalue weighted by molar-refractivity contribution is 5.51. The van der Waals surface area contributed by atoms with Crippen molar-refractivity contribution in [2.24, 2.45) is 0 Å². The van der Waals surface area contributed by atoms with E-state index in [1.807, 2.05) is 12.1 Å². The molecule has 1 aliphatic rings. The lowest BCUT2D eigenvalue weighted by molar-refractivity contribution is 0.195. The smallest absolute Gasteiger partial charge is 0.121 e. The summed E-state index contributed by atoms with van der Waals surface area (Å²) in [5.74, 6) is 0.934. The first-order valence-corrected chi connectivity index (χ1v) is 5.28. The van der Waals surface area contributed by atoms with Gasteiger partial charge in [-0.15, -0.1) is 0 Å². The molecule has 1 aromatic carbocycles. The fourth-order valence-corrected chi connectivity index (χ4v) is 1.85. The Morgan fingerprint density at radius 2 is 2.33 bits per heavy atom. The standard InChI is InChI=1S/C12H17NO2/c1-9-7-10(3-4-12(9)14-2)13-11-5-6-15-8-11/h3-4,7,11,13H,5-6,8H2,1-2H3. The molecule has 0 aromatic heterocycles. The van der Waals surface area contributed by atoms with Crippen molar-refractivity contribution in [2.75, 3.05) is 25.6 Å². The maximum absolute atomic E-state index is 5.32. The second kappa shape index (κ2) is 4.53. The zero-order valence-corrected chi connectivity index (χ0v) is 9.25. The number of benzene rings is 1. The van der Waals surface area contributed by atoms with E-state index in [-0.39, 0.29) is 0 Å². The highest BCUT2D eigenvalue weighted by Gasteiger charge is 2.15. The molecule has 3 nitrogen and oxygen atoms in total. The van der Waals surface area contributed by atoms with Crippen LogP contribution in [0.5, 0.6) is 5.75 Å². The summed E-state index contributed by atoms with van der Waals surface area (Å²) in [5, 5.41) is 3.45. The Balaban J connectivity index is 2.05. The first-order chi connectivity index (χ1) is 7.29. The topological polar surface area (TPSA) is 30.5 Å². The molecule has 15 heavy (non-hydrogen) atoms. The first-order valence-electron chi connectivity index (χ1n) is 5.28. The van der Waals surface area contributed by atoms with Gasteiger partial charge in [0.15, 0.2) is 0 Å². The summed E-state index contributed by atoms with van der Waals surface area (Å²) in [7, 11) is 1.69. The lowest BCUT2D eigenvalue weighted by atomic mass is 10.1. The quantitative estimate of drug-likeness (QED) is 0.824. The van der Waals surface area contributed by atoms with Gasteiger partial charge in [0.05, 0.1) is 19.8 Å². The number of hydrogen-bond acceptors (Lipinski definition) is 3. The van der Waals surface area contributed by atoms with E-state index in [1.165, 1.54) is 0 Å². The Kier molecular flexibility index (Phi) is 3.11. The van der Waals surface area contributed by atoms with Crippen LogP contribution in [0.3, 0.4) is 0 Å². The molecule has 1 heterocycles. The molecular weight excluding hydrogens is 190 g/mol. The zero-order valence-electron chi connectivity index (χ0n) is 9.25. The minimum Gasteiger partial charge on any atom is -0.496 e. The number of nitrogens with one attached hydrogen (secondary N) is 1. The zero-order chi connectivity index (χ0) is 10.7. The molecule has 0 saturated carbocycles. The van der Waals surface area contributed by atoms with Crippen molar-refractivity contribution in [2.45, 2.75) is 19.4 Å². The van der Waals surface area contributed by atoms with Gasteiger partial charge < -0.3 is 14.8 Å². The molecule has 0 aliphatic carbocycles. The van der Waals surface area contributed by atoms with Crippen LogP contribution in [-0.4, -0.2) is 26.4 Å². The maximum atomic E-state index is 5.32. The SMILES string of the molecule is COc1ccc(NC2CCOC2)cc1C. The van der Waals surface area contributed by atoms with Gasteiger partial charge in [-0.05, 0) is 37.1 Å². The molecule has 0 radical (unpaired) electrons. The summed E-state index contributed by atoms with van der Waals surface area (Å²) in [6.45, 7) is 3.73. The number of hydrogen-bond donors (Lipinski definition) is 1. The van der Waals surface area contributed by atoms with Crippen molar-refractivity contribution in [1.82, 2.24) is 0 Å². The minimum absolute atomic E-state index is 0.456. The average Bonchev–Trinajstić information content (AvgIpc) is 2.71. The molecule has 0 amide bonds. The van der Waals surface area contributed by atoms with Gasteiger partial charge in [-0.2, -0.15) is 0 Å². The van der Waals surface area contributed by atoms with Crippen LogP contribution in [0.2, 0.25) is 0 Å². The summed E-state index contributed by atoms with van der Waals surface area (Å²) in [6.07, 6.45) is 1.09. The molecule has 3 heteroatoms. The number of ether oxygens (including phenoxy) is 2. The van der Waals surface area contributed by atoms with Crippen molar-refractivity contribution < 1.29 is 9.47 Å². The van der Waals surface area contributed by atoms with Crippen LogP contribution in [0.1, 0.15) is 12.0 Å². The van der Waals surface area contributed by atoms with E-state index in [0.717, 1.165) is 36.6 Å². The normalized spacial score (nSPS) is 20.3. The average molecular weight is 207 g/mol. The fourth-order valence-electron chi connectivity index (χ4n) is 1.85. The summed E-state index contributed by atoms with van der Waals surface area (Å²) in [4.78, 5) is 0. The van der Waals surface area contributed by atoms with Crippen LogP contribution >= 0.6 is 0 Å². The largest absolute Gasteiger partial charge is 0.496 e. The first kappa shape index (κ1) is 10.3. The van der Waals surface area contributed by atoms with Gasteiger partial charge in [-0.25, -0.2) is 0 Å². The number of methoxy groups -OCH3 is 1. The maximum Gasteiger partial charge on any atom is 0.121 e. The minimum atomic E-state index is 0.456. The van der Waals surface area contributed by atoms with Gasteiger partial charge in [0.1, 0.15) is 5.75 Å². The fraction of sp³-hybridized carbons (Fsp3) is 0.500. The third kappa shape index (κ3) is 2.42. The van der Waals surface area contributed by atoms with Crippen LogP contribution in [0.4, 0.5) is 5.69 Å². The molecular formula is C12H17NO2. The predicted octanol–water partition coefficient (Wildman–Crippen LogP) is 2.20. The Labute approximate surface area is 90.4 Å². The number of rotatable bonds is 3. The van der Waals surface area contributed by atoms with Crippen LogP contribution in [-0.2, 0) is 4.74 Å². The van der Waals surface area contributed by atoms with Gasteiger partial charge in [0, 0.05) is 12.3 Å². The molecule has 1 saturated heterocycles. The van der Waals surface area contributed by atoms with E-state index < -0.39 is 0 Å². The monoisotopic (exact) mass is 207 g/mol. The van der Waals surface area contributed by atoms with Crippen LogP contribution in [0.25, 0.3) is 0 Å². The highest BCUT2D eigenvalue weighted by Crippen LogP contribution is 2.22. The Morgan fingerprint density at radius 1 is 1.47 bits per heavy atom. The third-order valence-corrected chi connectivity index (χ3v) is 2.70. The van der Waals surface area contributed by atoms with E-state index in [0.29, 0.717) is 6.04 Å². The molecule has 0 bridgehead atoms. The summed E-state index contributed by atoms with van der Waals surface area (Å²) < 4.78 is 10.5. The van der Waals surface area contributed by atoms with Crippen LogP contribution in [0.15, 0.2) is 18.2 Å². The Hall–Kier alpha value is -1.22. The lowest BCUT2D eigenvalue weighted by Gasteiger charge is -2.13. The van der Waals surface area contributed by atoms with Crippen LogP contribution in [0, 0.1) is 6.92 Å². The second-order valence-corrected chi connectivity index (χ2v) is 3.89. The van der Waals surface area contributed by atoms with E-state index in [2.05, 4.69) is 18.3 Å². The van der Waals surface area contributed by atoms with Crippen molar-refractivity contribution in [3.8, 4) is 5.75 Å². The van der Waals surface area contributed by atoms with Gasteiger partial charge in [-0.3, -0.25) is 0 Å². The van der Waals surface area contributed by atoms with Crippen LogP contribution < -0.4 is 10.1 Å². The van der Waals surface area contributed by atoms with Crippen molar-refractivity contribution in [3.05, 3.63) is 23.8 Å². The Morgan fingerprint density at radius 3 is 2.93 bits per heavy atom. The van der Waals surface area contributed by atoms with Gasteiger partial charge >= 0.3 is 0 Å². The number of anilines is 1. The molecule has 1 aromatic rings. The molecule has 2 rings (SSSR count). The molecule has 1 unspecified atom stereocenters. The molecule has 1 N–H and O–H groups in total. The molecule has 1 atom stereocenters. The molecule has 0 spiro atoms. The summed E-state index contributed by atoms with van der Waals surface area (Å²) in [6, 6.07) is 6.60. The molecule has 82 valence electrons. The molecule has 1 aliphatic heterocycles. The third-order valence-electron chi connectivity index (χ3n) is 2.70. The van der Waals surface area contributed by atoms with Crippen molar-refractivity contribution in [3.63, 3.8) is 0 Å². The van der Waals surface area contributed by atoms with E-state index in [4.69, 9.17) is 9.47 Å². The predicted molar refractivity (Wildman–Crippen MR) is 60.6 cm³/mol.